The molecule has 1 fully saturated rings. The highest BCUT2D eigenvalue weighted by Crippen LogP contribution is 2.33. The van der Waals surface area contributed by atoms with Gasteiger partial charge in [0.15, 0.2) is 11.5 Å². The van der Waals surface area contributed by atoms with Gasteiger partial charge in [0.2, 0.25) is 6.79 Å². The van der Waals surface area contributed by atoms with Crippen molar-refractivity contribution in [3.05, 3.63) is 71.4 Å². The fourth-order valence-electron chi connectivity index (χ4n) is 4.70. The monoisotopic (exact) mass is 446 g/mol. The summed E-state index contributed by atoms with van der Waals surface area (Å²) in [6.07, 6.45) is 4.82. The second kappa shape index (κ2) is 9.27. The van der Waals surface area contributed by atoms with Crippen molar-refractivity contribution < 1.29 is 14.3 Å². The third-order valence-corrected chi connectivity index (χ3v) is 6.67. The molecule has 1 N–H and O–H groups in total. The quantitative estimate of drug-likeness (QED) is 0.606. The summed E-state index contributed by atoms with van der Waals surface area (Å²) < 4.78 is 12.7. The molecule has 3 heterocycles. The highest BCUT2D eigenvalue weighted by atomic mass is 16.7. The Balaban J connectivity index is 1.18. The minimum Gasteiger partial charge on any atom is -0.454 e. The average Bonchev–Trinajstić information content (AvgIpc) is 3.49. The Morgan fingerprint density at radius 3 is 2.64 bits per heavy atom. The van der Waals surface area contributed by atoms with Crippen LogP contribution >= 0.6 is 0 Å². The van der Waals surface area contributed by atoms with Crippen molar-refractivity contribution >= 4 is 11.7 Å². The fourth-order valence-corrected chi connectivity index (χ4v) is 4.70. The maximum absolute atomic E-state index is 12.8. The van der Waals surface area contributed by atoms with E-state index in [0.717, 1.165) is 38.2 Å². The number of carbonyl (C=O) groups excluding carboxylic acids is 1. The number of rotatable bonds is 6. The van der Waals surface area contributed by atoms with Gasteiger partial charge in [-0.25, -0.2) is 4.68 Å². The molecule has 1 unspecified atom stereocenters. The van der Waals surface area contributed by atoms with Gasteiger partial charge in [-0.1, -0.05) is 29.8 Å². The number of hydrogen-bond acceptors (Lipinski definition) is 5. The average molecular weight is 447 g/mol. The van der Waals surface area contributed by atoms with Crippen LogP contribution in [0.5, 0.6) is 11.5 Å². The smallest absolute Gasteiger partial charge is 0.256 e. The number of nitrogens with one attached hydrogen (secondary N) is 1. The molecule has 1 saturated heterocycles. The Bertz CT molecular complexity index is 1120. The molecule has 1 aromatic heterocycles. The van der Waals surface area contributed by atoms with Crippen LogP contribution in [0.1, 0.15) is 47.3 Å². The lowest BCUT2D eigenvalue weighted by molar-refractivity contribution is 0.102. The van der Waals surface area contributed by atoms with E-state index < -0.39 is 0 Å². The first-order chi connectivity index (χ1) is 16.1. The topological polar surface area (TPSA) is 68.6 Å². The lowest BCUT2D eigenvalue weighted by Gasteiger charge is -2.36. The van der Waals surface area contributed by atoms with Crippen molar-refractivity contribution in [2.24, 2.45) is 0 Å². The summed E-state index contributed by atoms with van der Waals surface area (Å²) in [5.74, 6) is 1.81. The van der Waals surface area contributed by atoms with Gasteiger partial charge >= 0.3 is 0 Å². The third-order valence-electron chi connectivity index (χ3n) is 6.67. The number of aryl methyl sites for hydroxylation is 1. The number of hydrogen-bond donors (Lipinski definition) is 1. The summed E-state index contributed by atoms with van der Waals surface area (Å²) in [5, 5.41) is 7.55. The van der Waals surface area contributed by atoms with Gasteiger partial charge in [0.25, 0.3) is 5.91 Å². The molecular formula is C26H30N4O3. The van der Waals surface area contributed by atoms with Gasteiger partial charge in [-0.3, -0.25) is 4.79 Å². The second-order valence-electron chi connectivity index (χ2n) is 8.99. The Kier molecular flexibility index (Phi) is 6.05. The fraction of sp³-hybridized carbons (Fsp3) is 0.385. The van der Waals surface area contributed by atoms with E-state index >= 15 is 0 Å². The molecule has 2 aromatic carbocycles. The summed E-state index contributed by atoms with van der Waals surface area (Å²) in [4.78, 5) is 15.4. The Morgan fingerprint density at radius 2 is 1.85 bits per heavy atom. The highest BCUT2D eigenvalue weighted by Gasteiger charge is 2.26. The number of benzene rings is 2. The maximum atomic E-state index is 12.8. The van der Waals surface area contributed by atoms with E-state index in [1.54, 1.807) is 24.4 Å². The minimum absolute atomic E-state index is 0.181. The lowest BCUT2D eigenvalue weighted by atomic mass is 10.00. The van der Waals surface area contributed by atoms with Crippen molar-refractivity contribution in [3.63, 3.8) is 0 Å². The molecule has 0 bridgehead atoms. The van der Waals surface area contributed by atoms with Crippen LogP contribution in [0, 0.1) is 6.92 Å². The number of anilines is 1. The summed E-state index contributed by atoms with van der Waals surface area (Å²) in [5.41, 5.74) is 3.22. The molecular weight excluding hydrogens is 416 g/mol. The number of fused-ring (bicyclic) bond motifs is 1. The first-order valence-corrected chi connectivity index (χ1v) is 11.6. The van der Waals surface area contributed by atoms with E-state index in [-0.39, 0.29) is 18.7 Å². The van der Waals surface area contributed by atoms with E-state index in [2.05, 4.69) is 53.4 Å². The lowest BCUT2D eigenvalue weighted by Crippen LogP contribution is -2.41. The molecule has 1 atom stereocenters. The summed E-state index contributed by atoms with van der Waals surface area (Å²) in [7, 11) is 0. The van der Waals surface area contributed by atoms with Crippen LogP contribution in [-0.4, -0.2) is 46.5 Å². The zero-order valence-corrected chi connectivity index (χ0v) is 19.2. The van der Waals surface area contributed by atoms with Gasteiger partial charge in [0, 0.05) is 30.8 Å². The highest BCUT2D eigenvalue weighted by molar-refractivity contribution is 6.04. The molecule has 1 amide bonds. The number of likely N-dealkylation sites (tertiary alicyclic amines) is 1. The third kappa shape index (κ3) is 4.73. The largest absolute Gasteiger partial charge is 0.454 e. The van der Waals surface area contributed by atoms with Gasteiger partial charge in [-0.2, -0.15) is 5.10 Å². The maximum Gasteiger partial charge on any atom is 0.256 e. The summed E-state index contributed by atoms with van der Waals surface area (Å²) in [6.45, 7) is 6.67. The van der Waals surface area contributed by atoms with Crippen LogP contribution in [0.25, 0.3) is 0 Å². The van der Waals surface area contributed by atoms with Crippen molar-refractivity contribution in [1.29, 1.82) is 0 Å². The number of ether oxygens (including phenoxy) is 2. The van der Waals surface area contributed by atoms with Crippen LogP contribution in [0.4, 0.5) is 5.82 Å². The Hall–Kier alpha value is -3.32. The van der Waals surface area contributed by atoms with E-state index in [0.29, 0.717) is 23.1 Å². The SMILES string of the molecule is Cc1ccc(CC(C)N2CCC(n3nccc3NC(=O)c3ccc4c(c3)OCO4)CC2)cc1. The van der Waals surface area contributed by atoms with Crippen LogP contribution in [0.2, 0.25) is 0 Å². The molecule has 33 heavy (non-hydrogen) atoms. The number of amides is 1. The van der Waals surface area contributed by atoms with Crippen LogP contribution in [0.3, 0.4) is 0 Å². The summed E-state index contributed by atoms with van der Waals surface area (Å²) in [6, 6.07) is 16.7. The normalized spacial score (nSPS) is 17.2. The first kappa shape index (κ1) is 21.5. The molecule has 0 aliphatic carbocycles. The predicted octanol–water partition coefficient (Wildman–Crippen LogP) is 4.44. The minimum atomic E-state index is -0.181. The van der Waals surface area contributed by atoms with Gasteiger partial charge in [0.1, 0.15) is 5.82 Å². The number of piperidine rings is 1. The molecule has 2 aliphatic heterocycles. The van der Waals surface area contributed by atoms with Crippen LogP contribution < -0.4 is 14.8 Å². The van der Waals surface area contributed by atoms with Crippen molar-refractivity contribution in [1.82, 2.24) is 14.7 Å². The van der Waals surface area contributed by atoms with Crippen molar-refractivity contribution in [2.75, 3.05) is 25.2 Å². The Labute approximate surface area is 194 Å². The predicted molar refractivity (Wildman–Crippen MR) is 127 cm³/mol. The Morgan fingerprint density at radius 1 is 1.09 bits per heavy atom. The molecule has 7 heteroatoms. The van der Waals surface area contributed by atoms with Crippen molar-refractivity contribution in [3.8, 4) is 11.5 Å². The zero-order valence-electron chi connectivity index (χ0n) is 19.2. The van der Waals surface area contributed by atoms with E-state index in [1.807, 2.05) is 10.7 Å². The molecule has 5 rings (SSSR count). The number of nitrogens with zero attached hydrogens (tertiary/aromatic N) is 3. The number of aromatic nitrogens is 2. The molecule has 0 radical (unpaired) electrons. The number of carbonyl (C=O) groups is 1. The molecule has 3 aromatic rings. The molecule has 0 spiro atoms. The van der Waals surface area contributed by atoms with Gasteiger partial charge in [-0.05, 0) is 56.9 Å². The van der Waals surface area contributed by atoms with E-state index in [1.165, 1.54) is 11.1 Å². The summed E-state index contributed by atoms with van der Waals surface area (Å²) >= 11 is 0. The molecule has 0 saturated carbocycles. The molecule has 7 nitrogen and oxygen atoms in total. The second-order valence-corrected chi connectivity index (χ2v) is 8.99. The van der Waals surface area contributed by atoms with Crippen LogP contribution in [0.15, 0.2) is 54.7 Å². The van der Waals surface area contributed by atoms with Crippen molar-refractivity contribution in [2.45, 2.75) is 45.2 Å². The van der Waals surface area contributed by atoms with E-state index in [9.17, 15) is 4.79 Å². The molecule has 2 aliphatic rings. The van der Waals surface area contributed by atoms with Gasteiger partial charge in [0.05, 0.1) is 12.2 Å². The van der Waals surface area contributed by atoms with E-state index in [4.69, 9.17) is 9.47 Å². The zero-order chi connectivity index (χ0) is 22.8. The standard InChI is InChI=1S/C26H30N4O3/c1-18-3-5-20(6-4-18)15-19(2)29-13-10-22(11-14-29)30-25(9-12-27-30)28-26(31)21-7-8-23-24(16-21)33-17-32-23/h3-9,12,16,19,22H,10-11,13-15,17H2,1-2H3,(H,28,31). The van der Waals surface area contributed by atoms with Gasteiger partial charge < -0.3 is 19.7 Å². The molecule has 172 valence electrons. The van der Waals surface area contributed by atoms with Gasteiger partial charge in [-0.15, -0.1) is 0 Å². The first-order valence-electron chi connectivity index (χ1n) is 11.6. The van der Waals surface area contributed by atoms with Crippen LogP contribution in [-0.2, 0) is 6.42 Å².